The van der Waals surface area contributed by atoms with Crippen LogP contribution in [-0.4, -0.2) is 15.7 Å². The predicted molar refractivity (Wildman–Crippen MR) is 82.7 cm³/mol. The van der Waals surface area contributed by atoms with Gasteiger partial charge in [-0.25, -0.2) is 4.39 Å². The summed E-state index contributed by atoms with van der Waals surface area (Å²) in [6.07, 6.45) is 0.799. The van der Waals surface area contributed by atoms with Crippen molar-refractivity contribution >= 4 is 28.2 Å². The highest BCUT2D eigenvalue weighted by Gasteiger charge is 2.09. The van der Waals surface area contributed by atoms with E-state index in [1.807, 2.05) is 0 Å². The Kier molecular flexibility index (Phi) is 5.65. The maximum atomic E-state index is 12.8. The minimum atomic E-state index is -1.17. The van der Waals surface area contributed by atoms with Gasteiger partial charge in [-0.3, -0.25) is 9.00 Å². The molecule has 0 aromatic heterocycles. The predicted octanol–water partition coefficient (Wildman–Crippen LogP) is 4.25. The fraction of sp³-hybridized carbons (Fsp3) is 0.188. The van der Waals surface area contributed by atoms with Crippen molar-refractivity contribution in [3.05, 3.63) is 64.9 Å². The van der Waals surface area contributed by atoms with Gasteiger partial charge in [-0.05, 0) is 48.9 Å². The zero-order chi connectivity index (χ0) is 15.2. The summed E-state index contributed by atoms with van der Waals surface area (Å²) in [5, 5.41) is 0.545. The first-order chi connectivity index (χ1) is 10.1. The summed E-state index contributed by atoms with van der Waals surface area (Å²) in [5.74, 6) is -0.0421. The Balaban J connectivity index is 1.85. The summed E-state index contributed by atoms with van der Waals surface area (Å²) in [5.41, 5.74) is 0.477. The molecule has 0 bridgehead atoms. The monoisotopic (exact) mass is 324 g/mol. The van der Waals surface area contributed by atoms with E-state index in [1.54, 1.807) is 24.3 Å². The average molecular weight is 325 g/mol. The lowest BCUT2D eigenvalue weighted by molar-refractivity contribution is 0.0982. The Labute approximate surface area is 130 Å². The van der Waals surface area contributed by atoms with E-state index in [0.717, 1.165) is 0 Å². The Morgan fingerprint density at radius 1 is 1.14 bits per heavy atom. The molecule has 110 valence electrons. The second-order valence-electron chi connectivity index (χ2n) is 4.54. The molecule has 1 atom stereocenters. The van der Waals surface area contributed by atoms with Gasteiger partial charge in [0.15, 0.2) is 5.78 Å². The third-order valence-corrected chi connectivity index (χ3v) is 4.63. The van der Waals surface area contributed by atoms with Crippen molar-refractivity contribution in [3.8, 4) is 0 Å². The molecule has 0 heterocycles. The number of hydrogen-bond donors (Lipinski definition) is 0. The summed E-state index contributed by atoms with van der Waals surface area (Å²) in [6, 6.07) is 12.3. The number of benzene rings is 2. The smallest absolute Gasteiger partial charge is 0.162 e. The van der Waals surface area contributed by atoms with E-state index in [1.165, 1.54) is 24.3 Å². The SMILES string of the molecule is O=C(CCCS(=O)c1cccc(Cl)c1)c1ccc(F)cc1. The van der Waals surface area contributed by atoms with Gasteiger partial charge in [0.1, 0.15) is 5.82 Å². The van der Waals surface area contributed by atoms with E-state index >= 15 is 0 Å². The van der Waals surface area contributed by atoms with E-state index < -0.39 is 10.8 Å². The molecule has 0 aliphatic rings. The van der Waals surface area contributed by atoms with Gasteiger partial charge in [0.25, 0.3) is 0 Å². The maximum absolute atomic E-state index is 12.8. The van der Waals surface area contributed by atoms with Crippen molar-refractivity contribution in [2.75, 3.05) is 5.75 Å². The van der Waals surface area contributed by atoms with Gasteiger partial charge in [-0.2, -0.15) is 0 Å². The second kappa shape index (κ2) is 7.48. The van der Waals surface area contributed by atoms with Gasteiger partial charge in [0, 0.05) is 27.7 Å². The van der Waals surface area contributed by atoms with Gasteiger partial charge < -0.3 is 0 Å². The highest BCUT2D eigenvalue weighted by Crippen LogP contribution is 2.15. The number of hydrogen-bond acceptors (Lipinski definition) is 2. The summed E-state index contributed by atoms with van der Waals surface area (Å²) in [4.78, 5) is 12.5. The fourth-order valence-corrected chi connectivity index (χ4v) is 3.26. The molecule has 2 aromatic carbocycles. The van der Waals surface area contributed by atoms with Crippen LogP contribution in [0.25, 0.3) is 0 Å². The normalized spacial score (nSPS) is 12.1. The van der Waals surface area contributed by atoms with Gasteiger partial charge in [0.05, 0.1) is 10.8 Å². The van der Waals surface area contributed by atoms with Crippen LogP contribution in [0.4, 0.5) is 4.39 Å². The maximum Gasteiger partial charge on any atom is 0.162 e. The molecule has 0 fully saturated rings. The third kappa shape index (κ3) is 4.76. The van der Waals surface area contributed by atoms with Crippen LogP contribution in [0.3, 0.4) is 0 Å². The topological polar surface area (TPSA) is 34.1 Å². The summed E-state index contributed by atoms with van der Waals surface area (Å²) in [6.45, 7) is 0. The molecule has 0 amide bonds. The molecule has 2 rings (SSSR count). The van der Waals surface area contributed by atoms with Crippen LogP contribution in [0.1, 0.15) is 23.2 Å². The molecule has 0 aliphatic carbocycles. The summed E-state index contributed by atoms with van der Waals surface area (Å²) in [7, 11) is -1.17. The van der Waals surface area contributed by atoms with E-state index in [0.29, 0.717) is 27.7 Å². The lowest BCUT2D eigenvalue weighted by atomic mass is 10.1. The molecule has 21 heavy (non-hydrogen) atoms. The Bertz CT molecular complexity index is 656. The standard InChI is InChI=1S/C16H14ClFO2S/c17-13-3-1-4-15(11-13)21(20)10-2-5-16(19)12-6-8-14(18)9-7-12/h1,3-4,6-9,11H,2,5,10H2. The minimum Gasteiger partial charge on any atom is -0.294 e. The number of carbonyl (C=O) groups excluding carboxylic acids is 1. The molecule has 2 nitrogen and oxygen atoms in total. The Morgan fingerprint density at radius 2 is 1.86 bits per heavy atom. The molecular weight excluding hydrogens is 311 g/mol. The van der Waals surface area contributed by atoms with Crippen molar-refractivity contribution in [2.45, 2.75) is 17.7 Å². The lowest BCUT2D eigenvalue weighted by Crippen LogP contribution is -2.04. The molecule has 0 spiro atoms. The molecule has 0 radical (unpaired) electrons. The van der Waals surface area contributed by atoms with Crippen LogP contribution in [0.2, 0.25) is 5.02 Å². The van der Waals surface area contributed by atoms with Crippen molar-refractivity contribution in [2.24, 2.45) is 0 Å². The van der Waals surface area contributed by atoms with Gasteiger partial charge in [-0.1, -0.05) is 17.7 Å². The van der Waals surface area contributed by atoms with Crippen LogP contribution < -0.4 is 0 Å². The van der Waals surface area contributed by atoms with Crippen molar-refractivity contribution in [3.63, 3.8) is 0 Å². The average Bonchev–Trinajstić information content (AvgIpc) is 2.47. The number of ketones is 1. The quantitative estimate of drug-likeness (QED) is 0.744. The van der Waals surface area contributed by atoms with E-state index in [-0.39, 0.29) is 18.0 Å². The highest BCUT2D eigenvalue weighted by molar-refractivity contribution is 7.85. The minimum absolute atomic E-state index is 0.0712. The molecule has 0 saturated carbocycles. The largest absolute Gasteiger partial charge is 0.294 e. The molecule has 2 aromatic rings. The fourth-order valence-electron chi connectivity index (χ4n) is 1.87. The van der Waals surface area contributed by atoms with Crippen LogP contribution >= 0.6 is 11.6 Å². The Morgan fingerprint density at radius 3 is 2.52 bits per heavy atom. The van der Waals surface area contributed by atoms with Crippen molar-refractivity contribution < 1.29 is 13.4 Å². The Hall–Kier alpha value is -1.52. The van der Waals surface area contributed by atoms with E-state index in [4.69, 9.17) is 11.6 Å². The first kappa shape index (κ1) is 15.9. The van der Waals surface area contributed by atoms with Gasteiger partial charge in [-0.15, -0.1) is 0 Å². The van der Waals surface area contributed by atoms with Crippen LogP contribution in [-0.2, 0) is 10.8 Å². The number of Topliss-reactive ketones (excluding diaryl/α,β-unsaturated/α-hetero) is 1. The molecule has 0 saturated heterocycles. The summed E-state index contributed by atoms with van der Waals surface area (Å²) >= 11 is 5.85. The van der Waals surface area contributed by atoms with Crippen LogP contribution in [0, 0.1) is 5.82 Å². The number of carbonyl (C=O) groups is 1. The molecular formula is C16H14ClFO2S. The first-order valence-electron chi connectivity index (χ1n) is 6.49. The zero-order valence-electron chi connectivity index (χ0n) is 11.2. The lowest BCUT2D eigenvalue weighted by Gasteiger charge is -2.03. The molecule has 0 N–H and O–H groups in total. The molecule has 5 heteroatoms. The van der Waals surface area contributed by atoms with Gasteiger partial charge in [0.2, 0.25) is 0 Å². The van der Waals surface area contributed by atoms with E-state index in [2.05, 4.69) is 0 Å². The molecule has 1 unspecified atom stereocenters. The zero-order valence-corrected chi connectivity index (χ0v) is 12.8. The second-order valence-corrected chi connectivity index (χ2v) is 6.55. The van der Waals surface area contributed by atoms with Crippen molar-refractivity contribution in [1.29, 1.82) is 0 Å². The highest BCUT2D eigenvalue weighted by atomic mass is 35.5. The molecule has 0 aliphatic heterocycles. The number of rotatable bonds is 6. The van der Waals surface area contributed by atoms with Crippen LogP contribution in [0.15, 0.2) is 53.4 Å². The van der Waals surface area contributed by atoms with E-state index in [9.17, 15) is 13.4 Å². The third-order valence-electron chi connectivity index (χ3n) is 2.96. The van der Waals surface area contributed by atoms with Crippen LogP contribution in [0.5, 0.6) is 0 Å². The first-order valence-corrected chi connectivity index (χ1v) is 8.18. The van der Waals surface area contributed by atoms with Gasteiger partial charge >= 0.3 is 0 Å². The summed E-state index contributed by atoms with van der Waals surface area (Å²) < 4.78 is 24.8. The number of halogens is 2. The van der Waals surface area contributed by atoms with Crippen molar-refractivity contribution in [1.82, 2.24) is 0 Å².